The number of quaternary nitrogens is 2. The average Bonchev–Trinajstić information content (AvgIpc) is 3.27. The fraction of sp³-hybridized carbons (Fsp3) is 0.982. The number of carbonyl (C=O) groups excluding carboxylic acids is 1. The van der Waals surface area contributed by atoms with Crippen molar-refractivity contribution in [1.82, 2.24) is 0 Å². The molecule has 0 aromatic rings. The topological polar surface area (TPSA) is 63.2 Å². The smallest absolute Gasteiger partial charge is 0.0786 e. The van der Waals surface area contributed by atoms with E-state index in [1.165, 1.54) is 318 Å². The van der Waals surface area contributed by atoms with Crippen LogP contribution in [0.2, 0.25) is 0 Å². The highest BCUT2D eigenvalue weighted by molar-refractivity contribution is 5.47. The number of hydrogen-bond acceptors (Lipinski definition) is 3. The summed E-state index contributed by atoms with van der Waals surface area (Å²) in [6.07, 6.45) is 55.9. The van der Waals surface area contributed by atoms with Crippen molar-refractivity contribution in [2.24, 2.45) is 0 Å². The van der Waals surface area contributed by atoms with Crippen LogP contribution in [0.25, 0.3) is 0 Å². The average molecular weight is 882 g/mol. The Bertz CT molecular complexity index is 696. The van der Waals surface area contributed by atoms with E-state index in [1.54, 1.807) is 0 Å². The second-order valence-electron chi connectivity index (χ2n) is 19.8. The molecule has 0 N–H and O–H groups in total. The SMILES string of the molecule is CCCCCCCCCCCC[N+](CC)(CC)CCCCCCCCCCCC.CCCCCCCCCCCC[N+](CC)(CC)CCCCCCCCCCCC.O=C([O-])[O-]. The molecule has 0 amide bonds. The molecular weight excluding hydrogens is 761 g/mol. The first-order chi connectivity index (χ1) is 30.2. The summed E-state index contributed by atoms with van der Waals surface area (Å²) in [5.74, 6) is 0. The van der Waals surface area contributed by atoms with Gasteiger partial charge in [0.2, 0.25) is 0 Å². The summed E-state index contributed by atoms with van der Waals surface area (Å²) in [4.78, 5) is 8.33. The van der Waals surface area contributed by atoms with Crippen LogP contribution >= 0.6 is 0 Å². The molecule has 0 bridgehead atoms. The van der Waals surface area contributed by atoms with Gasteiger partial charge in [0.15, 0.2) is 0 Å². The van der Waals surface area contributed by atoms with E-state index in [1.807, 2.05) is 0 Å². The number of carbonyl (C=O) groups is 1. The Balaban J connectivity index is -0.00000103. The zero-order chi connectivity index (χ0) is 46.5. The van der Waals surface area contributed by atoms with E-state index in [0.717, 1.165) is 0 Å². The maximum Gasteiger partial charge on any atom is 0.0786 e. The van der Waals surface area contributed by atoms with Crippen LogP contribution in [-0.4, -0.2) is 67.5 Å². The fourth-order valence-corrected chi connectivity index (χ4v) is 9.67. The van der Waals surface area contributed by atoms with Gasteiger partial charge in [0.1, 0.15) is 0 Å². The van der Waals surface area contributed by atoms with Crippen molar-refractivity contribution in [2.45, 2.75) is 312 Å². The Morgan fingerprint density at radius 3 is 0.468 bits per heavy atom. The molecule has 0 saturated carbocycles. The molecule has 0 heterocycles. The van der Waals surface area contributed by atoms with Crippen LogP contribution < -0.4 is 10.2 Å². The van der Waals surface area contributed by atoms with Crippen molar-refractivity contribution >= 4 is 6.16 Å². The zero-order valence-corrected chi connectivity index (χ0v) is 44.6. The quantitative estimate of drug-likeness (QED) is 0.0452. The summed E-state index contributed by atoms with van der Waals surface area (Å²) < 4.78 is 2.77. The molecule has 0 aliphatic rings. The summed E-state index contributed by atoms with van der Waals surface area (Å²) in [5.41, 5.74) is 0. The molecule has 0 aromatic carbocycles. The molecule has 0 spiro atoms. The highest BCUT2D eigenvalue weighted by Gasteiger charge is 2.23. The summed E-state index contributed by atoms with van der Waals surface area (Å²) in [7, 11) is 0. The lowest BCUT2D eigenvalue weighted by Crippen LogP contribution is -2.49. The monoisotopic (exact) mass is 881 g/mol. The van der Waals surface area contributed by atoms with Crippen LogP contribution in [-0.2, 0) is 0 Å². The maximum absolute atomic E-state index is 8.33. The van der Waals surface area contributed by atoms with Crippen LogP contribution in [0.4, 0.5) is 4.79 Å². The lowest BCUT2D eigenvalue weighted by molar-refractivity contribution is -0.925. The predicted molar refractivity (Wildman–Crippen MR) is 275 cm³/mol. The van der Waals surface area contributed by atoms with E-state index >= 15 is 0 Å². The Morgan fingerprint density at radius 2 is 0.355 bits per heavy atom. The second kappa shape index (κ2) is 54.5. The molecule has 5 nitrogen and oxygen atoms in total. The van der Waals surface area contributed by atoms with Crippen molar-refractivity contribution in [3.05, 3.63) is 0 Å². The number of carboxylic acid groups (broad SMARTS) is 2. The summed E-state index contributed by atoms with van der Waals surface area (Å²) in [6, 6.07) is 0. The van der Waals surface area contributed by atoms with Gasteiger partial charge in [0.05, 0.1) is 52.4 Å². The van der Waals surface area contributed by atoms with E-state index in [0.29, 0.717) is 0 Å². The van der Waals surface area contributed by atoms with Gasteiger partial charge >= 0.3 is 0 Å². The Morgan fingerprint density at radius 1 is 0.242 bits per heavy atom. The van der Waals surface area contributed by atoms with Gasteiger partial charge in [-0.2, -0.15) is 0 Å². The number of nitrogens with zero attached hydrogens (tertiary/aromatic N) is 2. The van der Waals surface area contributed by atoms with Gasteiger partial charge in [-0.3, -0.25) is 0 Å². The lowest BCUT2D eigenvalue weighted by Gasteiger charge is -2.37. The second-order valence-corrected chi connectivity index (χ2v) is 19.8. The highest BCUT2D eigenvalue weighted by atomic mass is 16.6. The predicted octanol–water partition coefficient (Wildman–Crippen LogP) is 16.9. The van der Waals surface area contributed by atoms with Crippen molar-refractivity contribution in [3.8, 4) is 0 Å². The number of unbranched alkanes of at least 4 members (excludes halogenated alkanes) is 36. The van der Waals surface area contributed by atoms with Gasteiger partial charge in [-0.1, -0.05) is 233 Å². The van der Waals surface area contributed by atoms with E-state index < -0.39 is 6.16 Å². The molecule has 0 aliphatic heterocycles. The lowest BCUT2D eigenvalue weighted by atomic mass is 10.1. The van der Waals surface area contributed by atoms with Gasteiger partial charge in [-0.25, -0.2) is 0 Å². The normalized spacial score (nSPS) is 11.6. The molecule has 0 fully saturated rings. The third-order valence-corrected chi connectivity index (χ3v) is 14.6. The van der Waals surface area contributed by atoms with E-state index in [-0.39, 0.29) is 0 Å². The van der Waals surface area contributed by atoms with Gasteiger partial charge in [0, 0.05) is 0 Å². The summed E-state index contributed by atoms with van der Waals surface area (Å²) in [5, 5.41) is 16.7. The minimum Gasteiger partial charge on any atom is -0.652 e. The van der Waals surface area contributed by atoms with Crippen LogP contribution in [0.3, 0.4) is 0 Å². The molecule has 0 aromatic heterocycles. The minimum atomic E-state index is -2.33. The van der Waals surface area contributed by atoms with E-state index in [9.17, 15) is 0 Å². The maximum atomic E-state index is 8.33. The number of hydrogen-bond donors (Lipinski definition) is 0. The fourth-order valence-electron chi connectivity index (χ4n) is 9.67. The summed E-state index contributed by atoms with van der Waals surface area (Å²) >= 11 is 0. The standard InChI is InChI=1S/2C28H60N.CH2O3/c2*1-5-9-11-13-15-17-19-21-23-25-27-29(7-3,8-4)28-26-24-22-20-18-16-14-12-10-6-2;2-1(3)4/h2*5-28H2,1-4H3;(H2,2,3,4)/q2*+1;/p-2. The molecule has 0 aliphatic carbocycles. The third kappa shape index (κ3) is 50.2. The first-order valence-electron chi connectivity index (χ1n) is 28.8. The third-order valence-electron chi connectivity index (χ3n) is 14.6. The molecule has 0 saturated heterocycles. The van der Waals surface area contributed by atoms with Crippen LogP contribution in [0, 0.1) is 0 Å². The van der Waals surface area contributed by atoms with Gasteiger partial charge in [-0.05, 0) is 85.2 Å². The Hall–Kier alpha value is -0.810. The minimum absolute atomic E-state index is 1.34. The first kappa shape index (κ1) is 65.5. The van der Waals surface area contributed by atoms with Crippen LogP contribution in [0.1, 0.15) is 312 Å². The van der Waals surface area contributed by atoms with Crippen LogP contribution in [0.15, 0.2) is 0 Å². The van der Waals surface area contributed by atoms with Crippen molar-refractivity contribution in [3.63, 3.8) is 0 Å². The highest BCUT2D eigenvalue weighted by Crippen LogP contribution is 2.19. The largest absolute Gasteiger partial charge is 0.652 e. The first-order valence-corrected chi connectivity index (χ1v) is 28.8. The van der Waals surface area contributed by atoms with E-state index in [4.69, 9.17) is 15.0 Å². The van der Waals surface area contributed by atoms with Gasteiger partial charge in [-0.15, -0.1) is 0 Å². The molecule has 0 radical (unpaired) electrons. The Kier molecular flexibility index (Phi) is 57.6. The van der Waals surface area contributed by atoms with Crippen molar-refractivity contribution < 1.29 is 24.0 Å². The molecular formula is C57H120N2O3. The van der Waals surface area contributed by atoms with Gasteiger partial charge in [0.25, 0.3) is 0 Å². The van der Waals surface area contributed by atoms with Crippen LogP contribution in [0.5, 0.6) is 0 Å². The van der Waals surface area contributed by atoms with Gasteiger partial charge < -0.3 is 24.0 Å². The Labute approximate surface area is 393 Å². The molecule has 0 rings (SSSR count). The van der Waals surface area contributed by atoms with Crippen molar-refractivity contribution in [1.29, 1.82) is 0 Å². The molecule has 0 atom stereocenters. The zero-order valence-electron chi connectivity index (χ0n) is 44.6. The molecule has 5 heteroatoms. The molecule has 0 unspecified atom stereocenters. The van der Waals surface area contributed by atoms with Crippen molar-refractivity contribution in [2.75, 3.05) is 52.4 Å². The molecule has 62 heavy (non-hydrogen) atoms. The summed E-state index contributed by atoms with van der Waals surface area (Å²) in [6.45, 7) is 30.0. The van der Waals surface area contributed by atoms with E-state index in [2.05, 4.69) is 55.4 Å². The number of rotatable bonds is 48. The molecule has 376 valence electrons.